The molecule has 0 aliphatic rings. The van der Waals surface area contributed by atoms with Crippen LogP contribution < -0.4 is 5.73 Å². The summed E-state index contributed by atoms with van der Waals surface area (Å²) in [5.41, 5.74) is 10.00. The van der Waals surface area contributed by atoms with Gasteiger partial charge < -0.3 is 5.73 Å². The summed E-state index contributed by atoms with van der Waals surface area (Å²) >= 11 is 0. The summed E-state index contributed by atoms with van der Waals surface area (Å²) in [6.07, 6.45) is 0. The molecular weight excluding hydrogens is 237 g/mol. The van der Waals surface area contributed by atoms with E-state index in [1.165, 1.54) is 0 Å². The summed E-state index contributed by atoms with van der Waals surface area (Å²) in [6, 6.07) is 10.9. The van der Waals surface area contributed by atoms with E-state index >= 15 is 0 Å². The third-order valence-corrected chi connectivity index (χ3v) is 3.32. The van der Waals surface area contributed by atoms with Crippen LogP contribution in [0.3, 0.4) is 0 Å². The Morgan fingerprint density at radius 1 is 1.05 bits per heavy atom. The average Bonchev–Trinajstić information content (AvgIpc) is 2.27. The number of aryl methyl sites for hydroxylation is 1. The number of anilines is 1. The van der Waals surface area contributed by atoms with Crippen LogP contribution in [-0.4, -0.2) is 0 Å². The van der Waals surface area contributed by atoms with Gasteiger partial charge in [-0.15, -0.1) is 0 Å². The predicted octanol–water partition coefficient (Wildman–Crippen LogP) is 4.68. The monoisotopic (exact) mass is 257 g/mol. The van der Waals surface area contributed by atoms with Crippen molar-refractivity contribution >= 4 is 5.69 Å². The van der Waals surface area contributed by atoms with Crippen molar-refractivity contribution in [2.24, 2.45) is 0 Å². The molecule has 0 heterocycles. The van der Waals surface area contributed by atoms with E-state index in [1.54, 1.807) is 18.2 Å². The zero-order valence-electron chi connectivity index (χ0n) is 11.9. The van der Waals surface area contributed by atoms with E-state index in [2.05, 4.69) is 20.8 Å². The van der Waals surface area contributed by atoms with Gasteiger partial charge in [-0.3, -0.25) is 0 Å². The predicted molar refractivity (Wildman–Crippen MR) is 79.7 cm³/mol. The fraction of sp³-hybridized carbons (Fsp3) is 0.294. The van der Waals surface area contributed by atoms with Gasteiger partial charge in [0.1, 0.15) is 5.82 Å². The summed E-state index contributed by atoms with van der Waals surface area (Å²) in [6.45, 7) is 8.36. The second-order valence-corrected chi connectivity index (χ2v) is 6.02. The van der Waals surface area contributed by atoms with Gasteiger partial charge in [0.05, 0.1) is 0 Å². The Labute approximate surface area is 114 Å². The lowest BCUT2D eigenvalue weighted by atomic mass is 9.82. The summed E-state index contributed by atoms with van der Waals surface area (Å²) in [7, 11) is 0. The van der Waals surface area contributed by atoms with Crippen molar-refractivity contribution < 1.29 is 4.39 Å². The van der Waals surface area contributed by atoms with Gasteiger partial charge in [-0.05, 0) is 53.3 Å². The molecule has 0 bridgehead atoms. The molecule has 2 aromatic carbocycles. The maximum atomic E-state index is 14.2. The molecule has 0 atom stereocenters. The van der Waals surface area contributed by atoms with Gasteiger partial charge in [0.15, 0.2) is 0 Å². The first-order valence-electron chi connectivity index (χ1n) is 6.45. The summed E-state index contributed by atoms with van der Waals surface area (Å²) < 4.78 is 14.2. The highest BCUT2D eigenvalue weighted by Crippen LogP contribution is 2.32. The number of halogens is 1. The molecule has 2 heteroatoms. The van der Waals surface area contributed by atoms with E-state index in [-0.39, 0.29) is 11.2 Å². The molecule has 2 aromatic rings. The molecule has 1 nitrogen and oxygen atoms in total. The van der Waals surface area contributed by atoms with Gasteiger partial charge in [-0.2, -0.15) is 0 Å². The SMILES string of the molecule is Cc1cc(F)c(-c2cccc(N)c2)cc1C(C)(C)C. The van der Waals surface area contributed by atoms with Crippen LogP contribution in [-0.2, 0) is 5.41 Å². The molecule has 0 radical (unpaired) electrons. The third-order valence-electron chi connectivity index (χ3n) is 3.32. The summed E-state index contributed by atoms with van der Waals surface area (Å²) in [5.74, 6) is -0.198. The zero-order chi connectivity index (χ0) is 14.2. The number of benzene rings is 2. The molecule has 0 saturated carbocycles. The second-order valence-electron chi connectivity index (χ2n) is 6.02. The first-order valence-corrected chi connectivity index (χ1v) is 6.45. The second kappa shape index (κ2) is 4.69. The Bertz CT molecular complexity index is 609. The normalized spacial score (nSPS) is 11.6. The van der Waals surface area contributed by atoms with E-state index in [0.29, 0.717) is 11.3 Å². The van der Waals surface area contributed by atoms with Crippen LogP contribution in [0.1, 0.15) is 31.9 Å². The molecule has 0 aromatic heterocycles. The standard InChI is InChI=1S/C17H20FN/c1-11-8-16(18)14(10-15(11)17(2,3)4)12-6-5-7-13(19)9-12/h5-10H,19H2,1-4H3. The van der Waals surface area contributed by atoms with Gasteiger partial charge in [0.2, 0.25) is 0 Å². The van der Waals surface area contributed by atoms with Crippen LogP contribution >= 0.6 is 0 Å². The van der Waals surface area contributed by atoms with Crippen LogP contribution in [0.2, 0.25) is 0 Å². The average molecular weight is 257 g/mol. The van der Waals surface area contributed by atoms with E-state index in [9.17, 15) is 4.39 Å². The minimum Gasteiger partial charge on any atom is -0.399 e. The molecule has 0 aliphatic heterocycles. The number of nitrogen functional groups attached to an aromatic ring is 1. The number of hydrogen-bond donors (Lipinski definition) is 1. The molecule has 0 fully saturated rings. The van der Waals surface area contributed by atoms with Crippen LogP contribution in [0.4, 0.5) is 10.1 Å². The Morgan fingerprint density at radius 3 is 2.32 bits per heavy atom. The Hall–Kier alpha value is -1.83. The lowest BCUT2D eigenvalue weighted by Crippen LogP contribution is -2.13. The van der Waals surface area contributed by atoms with E-state index in [4.69, 9.17) is 5.73 Å². The van der Waals surface area contributed by atoms with Gasteiger partial charge in [0, 0.05) is 11.3 Å². The zero-order valence-corrected chi connectivity index (χ0v) is 11.9. The van der Waals surface area contributed by atoms with Crippen molar-refractivity contribution in [3.63, 3.8) is 0 Å². The summed E-state index contributed by atoms with van der Waals surface area (Å²) in [5, 5.41) is 0. The maximum absolute atomic E-state index is 14.2. The molecule has 2 rings (SSSR count). The molecule has 0 aliphatic carbocycles. The molecule has 19 heavy (non-hydrogen) atoms. The fourth-order valence-corrected chi connectivity index (χ4v) is 2.41. The van der Waals surface area contributed by atoms with Crippen LogP contribution in [0.5, 0.6) is 0 Å². The van der Waals surface area contributed by atoms with Crippen molar-refractivity contribution in [2.45, 2.75) is 33.1 Å². The quantitative estimate of drug-likeness (QED) is 0.737. The third kappa shape index (κ3) is 2.78. The van der Waals surface area contributed by atoms with E-state index in [1.807, 2.05) is 25.1 Å². The van der Waals surface area contributed by atoms with Gasteiger partial charge in [0.25, 0.3) is 0 Å². The topological polar surface area (TPSA) is 26.0 Å². The van der Waals surface area contributed by atoms with Crippen LogP contribution in [0, 0.1) is 12.7 Å². The molecule has 100 valence electrons. The molecule has 0 saturated heterocycles. The molecule has 0 amide bonds. The van der Waals surface area contributed by atoms with Crippen LogP contribution in [0.25, 0.3) is 11.1 Å². The van der Waals surface area contributed by atoms with Crippen molar-refractivity contribution in [1.82, 2.24) is 0 Å². The minimum atomic E-state index is -0.198. The first-order chi connectivity index (χ1) is 8.79. The highest BCUT2D eigenvalue weighted by atomic mass is 19.1. The number of hydrogen-bond acceptors (Lipinski definition) is 1. The lowest BCUT2D eigenvalue weighted by Gasteiger charge is -2.23. The van der Waals surface area contributed by atoms with Gasteiger partial charge in [-0.1, -0.05) is 32.9 Å². The van der Waals surface area contributed by atoms with Crippen LogP contribution in [0.15, 0.2) is 36.4 Å². The van der Waals surface area contributed by atoms with E-state index < -0.39 is 0 Å². The Kier molecular flexibility index (Phi) is 3.36. The van der Waals surface area contributed by atoms with E-state index in [0.717, 1.165) is 16.7 Å². The highest BCUT2D eigenvalue weighted by molar-refractivity contribution is 5.69. The van der Waals surface area contributed by atoms with Gasteiger partial charge >= 0.3 is 0 Å². The van der Waals surface area contributed by atoms with Crippen molar-refractivity contribution in [1.29, 1.82) is 0 Å². The lowest BCUT2D eigenvalue weighted by molar-refractivity contribution is 0.579. The Morgan fingerprint density at radius 2 is 1.74 bits per heavy atom. The van der Waals surface area contributed by atoms with Crippen molar-refractivity contribution in [3.8, 4) is 11.1 Å². The maximum Gasteiger partial charge on any atom is 0.131 e. The molecule has 2 N–H and O–H groups in total. The molecule has 0 unspecified atom stereocenters. The molecular formula is C17H20FN. The first kappa shape index (κ1) is 13.6. The largest absolute Gasteiger partial charge is 0.399 e. The smallest absolute Gasteiger partial charge is 0.131 e. The Balaban J connectivity index is 2.64. The summed E-state index contributed by atoms with van der Waals surface area (Å²) in [4.78, 5) is 0. The highest BCUT2D eigenvalue weighted by Gasteiger charge is 2.19. The number of rotatable bonds is 1. The van der Waals surface area contributed by atoms with Gasteiger partial charge in [-0.25, -0.2) is 4.39 Å². The fourth-order valence-electron chi connectivity index (χ4n) is 2.41. The van der Waals surface area contributed by atoms with Crippen molar-refractivity contribution in [2.75, 3.05) is 5.73 Å². The number of nitrogens with two attached hydrogens (primary N) is 1. The molecule has 0 spiro atoms. The van der Waals surface area contributed by atoms with Crippen molar-refractivity contribution in [3.05, 3.63) is 53.3 Å². The minimum absolute atomic E-state index is 0.00708.